The number of nitrogens with zero attached hydrogens (tertiary/aromatic N) is 4. The van der Waals surface area contributed by atoms with E-state index in [9.17, 15) is 9.59 Å². The van der Waals surface area contributed by atoms with E-state index in [1.165, 1.54) is 40.8 Å². The van der Waals surface area contributed by atoms with Gasteiger partial charge in [0.2, 0.25) is 11.0 Å². The van der Waals surface area contributed by atoms with Crippen LogP contribution in [0.1, 0.15) is 12.8 Å². The molecule has 0 bridgehead atoms. The van der Waals surface area contributed by atoms with Crippen LogP contribution in [0.5, 0.6) is 0 Å². The molecule has 3 rings (SSSR count). The molecule has 1 aliphatic heterocycles. The number of aromatic nitrogens is 2. The van der Waals surface area contributed by atoms with Crippen molar-refractivity contribution < 1.29 is 14.5 Å². The molecule has 10 heteroatoms. The highest BCUT2D eigenvalue weighted by molar-refractivity contribution is 8.01. The molecule has 1 aromatic rings. The number of hydrogen-bond acceptors (Lipinski definition) is 7. The van der Waals surface area contributed by atoms with Gasteiger partial charge >= 0.3 is 0 Å². The molecule has 0 atom stereocenters. The smallest absolute Gasteiger partial charge is 0.277 e. The molecular formula is C15H25N6O2S2+. The summed E-state index contributed by atoms with van der Waals surface area (Å²) in [6.07, 6.45) is 2.41. The average molecular weight is 386 g/mol. The Morgan fingerprint density at radius 2 is 2.04 bits per heavy atom. The Bertz CT molecular complexity index is 611. The fourth-order valence-corrected chi connectivity index (χ4v) is 4.30. The van der Waals surface area contributed by atoms with E-state index in [1.54, 1.807) is 19.0 Å². The minimum atomic E-state index is 0.134. The van der Waals surface area contributed by atoms with Crippen molar-refractivity contribution in [1.82, 2.24) is 20.0 Å². The van der Waals surface area contributed by atoms with Crippen molar-refractivity contribution in [3.63, 3.8) is 0 Å². The summed E-state index contributed by atoms with van der Waals surface area (Å²) < 4.78 is 0.831. The highest BCUT2D eigenvalue weighted by atomic mass is 32.2. The Labute approximate surface area is 155 Å². The fraction of sp³-hybridized carbons (Fsp3) is 0.733. The van der Waals surface area contributed by atoms with Crippen LogP contribution in [-0.4, -0.2) is 90.4 Å². The highest BCUT2D eigenvalue weighted by Gasteiger charge is 2.26. The molecule has 25 heavy (non-hydrogen) atoms. The number of quaternary nitrogens is 1. The lowest BCUT2D eigenvalue weighted by molar-refractivity contribution is -0.896. The number of hydrogen-bond donors (Lipinski definition) is 2. The quantitative estimate of drug-likeness (QED) is 0.587. The minimum Gasteiger partial charge on any atom is -0.357 e. The molecule has 1 aliphatic carbocycles. The van der Waals surface area contributed by atoms with E-state index >= 15 is 0 Å². The van der Waals surface area contributed by atoms with E-state index in [0.717, 1.165) is 22.6 Å². The van der Waals surface area contributed by atoms with Crippen molar-refractivity contribution in [2.45, 2.75) is 23.2 Å². The molecule has 138 valence electrons. The van der Waals surface area contributed by atoms with Gasteiger partial charge in [-0.25, -0.2) is 0 Å². The maximum absolute atomic E-state index is 12.4. The van der Waals surface area contributed by atoms with Gasteiger partial charge in [0.15, 0.2) is 10.9 Å². The third kappa shape index (κ3) is 5.55. The summed E-state index contributed by atoms with van der Waals surface area (Å²) in [4.78, 5) is 28.9. The van der Waals surface area contributed by atoms with Crippen molar-refractivity contribution in [3.8, 4) is 0 Å². The van der Waals surface area contributed by atoms with Gasteiger partial charge in [0.05, 0.1) is 31.9 Å². The predicted molar refractivity (Wildman–Crippen MR) is 98.1 cm³/mol. The molecule has 2 aliphatic rings. The summed E-state index contributed by atoms with van der Waals surface area (Å²) in [5.74, 6) is 0.663. The van der Waals surface area contributed by atoms with Gasteiger partial charge in [0.25, 0.3) is 5.91 Å². The lowest BCUT2D eigenvalue weighted by Crippen LogP contribution is -3.15. The summed E-state index contributed by atoms with van der Waals surface area (Å²) in [6.45, 7) is 3.57. The highest BCUT2D eigenvalue weighted by Crippen LogP contribution is 2.30. The maximum atomic E-state index is 12.4. The van der Waals surface area contributed by atoms with Crippen molar-refractivity contribution >= 4 is 40.0 Å². The van der Waals surface area contributed by atoms with Gasteiger partial charge in [-0.3, -0.25) is 9.59 Å². The molecule has 2 N–H and O–H groups in total. The first kappa shape index (κ1) is 18.4. The topological polar surface area (TPSA) is 82.9 Å². The molecule has 0 aromatic carbocycles. The number of amides is 2. The third-order valence-corrected chi connectivity index (χ3v) is 6.33. The first-order chi connectivity index (χ1) is 12.0. The summed E-state index contributed by atoms with van der Waals surface area (Å²) in [5, 5.41) is 12.4. The van der Waals surface area contributed by atoms with E-state index in [0.29, 0.717) is 31.4 Å². The van der Waals surface area contributed by atoms with Crippen LogP contribution >= 0.6 is 23.1 Å². The van der Waals surface area contributed by atoms with Crippen LogP contribution in [0.25, 0.3) is 0 Å². The first-order valence-electron chi connectivity index (χ1n) is 8.55. The van der Waals surface area contributed by atoms with E-state index < -0.39 is 0 Å². The normalized spacial score (nSPS) is 18.2. The standard InChI is InChI=1S/C15H24N6O2S2/c1-19(2)12(22)9-20-5-7-21(8-6-20)13(23)10-24-15-18-17-14(25-15)16-11-3-4-11/h11H,3-10H2,1-2H3,(H,16,17)/p+1. The second kappa shape index (κ2) is 8.33. The number of carbonyl (C=O) groups is 2. The predicted octanol–water partition coefficient (Wildman–Crippen LogP) is -0.980. The van der Waals surface area contributed by atoms with Crippen molar-refractivity contribution in [2.75, 3.05) is 57.9 Å². The van der Waals surface area contributed by atoms with Crippen LogP contribution in [0.2, 0.25) is 0 Å². The third-order valence-electron chi connectivity index (χ3n) is 4.35. The molecule has 1 aromatic heterocycles. The number of thioether (sulfide) groups is 1. The van der Waals surface area contributed by atoms with Gasteiger partial charge in [-0.15, -0.1) is 10.2 Å². The fourth-order valence-electron chi connectivity index (χ4n) is 2.56. The Morgan fingerprint density at radius 3 is 2.68 bits per heavy atom. The van der Waals surface area contributed by atoms with Gasteiger partial charge in [-0.1, -0.05) is 23.1 Å². The molecular weight excluding hydrogens is 360 g/mol. The molecule has 0 radical (unpaired) electrons. The van der Waals surface area contributed by atoms with Gasteiger partial charge < -0.3 is 20.0 Å². The van der Waals surface area contributed by atoms with Crippen LogP contribution < -0.4 is 10.2 Å². The Kier molecular flexibility index (Phi) is 6.13. The number of piperazine rings is 1. The monoisotopic (exact) mass is 385 g/mol. The summed E-state index contributed by atoms with van der Waals surface area (Å²) in [6, 6.07) is 0.561. The summed E-state index contributed by atoms with van der Waals surface area (Å²) in [5.41, 5.74) is 0. The van der Waals surface area contributed by atoms with Gasteiger partial charge in [0, 0.05) is 20.1 Å². The molecule has 0 unspecified atom stereocenters. The number of nitrogens with one attached hydrogen (secondary N) is 2. The van der Waals surface area contributed by atoms with E-state index in [-0.39, 0.29) is 11.8 Å². The zero-order valence-corrected chi connectivity index (χ0v) is 16.3. The van der Waals surface area contributed by atoms with Gasteiger partial charge in [0.1, 0.15) is 0 Å². The lowest BCUT2D eigenvalue weighted by atomic mass is 10.3. The van der Waals surface area contributed by atoms with Crippen molar-refractivity contribution in [3.05, 3.63) is 0 Å². The van der Waals surface area contributed by atoms with E-state index in [2.05, 4.69) is 15.5 Å². The van der Waals surface area contributed by atoms with Crippen LogP contribution in [-0.2, 0) is 9.59 Å². The largest absolute Gasteiger partial charge is 0.357 e. The molecule has 0 spiro atoms. The Morgan fingerprint density at radius 1 is 1.32 bits per heavy atom. The molecule has 2 fully saturated rings. The zero-order chi connectivity index (χ0) is 17.8. The number of rotatable bonds is 7. The molecule has 1 saturated heterocycles. The maximum Gasteiger partial charge on any atom is 0.277 e. The molecule has 2 heterocycles. The van der Waals surface area contributed by atoms with Crippen molar-refractivity contribution in [2.24, 2.45) is 0 Å². The molecule has 2 amide bonds. The van der Waals surface area contributed by atoms with E-state index in [1.807, 2.05) is 4.90 Å². The number of likely N-dealkylation sites (N-methyl/N-ethyl adjacent to an activating group) is 1. The van der Waals surface area contributed by atoms with E-state index in [4.69, 9.17) is 0 Å². The van der Waals surface area contributed by atoms with Crippen LogP contribution in [0.3, 0.4) is 0 Å². The Hall–Kier alpha value is -1.39. The minimum absolute atomic E-state index is 0.134. The van der Waals surface area contributed by atoms with Crippen molar-refractivity contribution in [1.29, 1.82) is 0 Å². The number of carbonyl (C=O) groups excluding carboxylic acids is 2. The average Bonchev–Trinajstić information content (AvgIpc) is 3.29. The van der Waals surface area contributed by atoms with Gasteiger partial charge in [-0.05, 0) is 12.8 Å². The molecule has 1 saturated carbocycles. The molecule has 8 nitrogen and oxygen atoms in total. The summed E-state index contributed by atoms with van der Waals surface area (Å²) >= 11 is 2.96. The van der Waals surface area contributed by atoms with Crippen LogP contribution in [0.4, 0.5) is 5.13 Å². The first-order valence-corrected chi connectivity index (χ1v) is 10.4. The second-order valence-corrected chi connectivity index (χ2v) is 8.88. The van der Waals surface area contributed by atoms with Crippen LogP contribution in [0, 0.1) is 0 Å². The van der Waals surface area contributed by atoms with Crippen LogP contribution in [0.15, 0.2) is 4.34 Å². The number of anilines is 1. The SMILES string of the molecule is CN(C)C(=O)C[NH+]1CCN(C(=O)CSc2nnc(NC3CC3)s2)CC1. The summed E-state index contributed by atoms with van der Waals surface area (Å²) in [7, 11) is 3.55. The zero-order valence-electron chi connectivity index (χ0n) is 14.7. The lowest BCUT2D eigenvalue weighted by Gasteiger charge is -2.32. The second-order valence-electron chi connectivity index (χ2n) is 6.68. The van der Waals surface area contributed by atoms with Gasteiger partial charge in [-0.2, -0.15) is 0 Å². The Balaban J connectivity index is 1.37.